The zero-order valence-electron chi connectivity index (χ0n) is 10.6. The zero-order valence-corrected chi connectivity index (χ0v) is 11.4. The monoisotopic (exact) mass is 270 g/mol. The lowest BCUT2D eigenvalue weighted by molar-refractivity contribution is 0.101. The maximum atomic E-state index is 11.9. The smallest absolute Gasteiger partial charge is 0.240 e. The van der Waals surface area contributed by atoms with E-state index in [1.165, 1.54) is 19.1 Å². The van der Waals surface area contributed by atoms with Crippen molar-refractivity contribution >= 4 is 15.8 Å². The molecular formula is C12H18N2O3S. The number of carbonyl (C=O) groups is 1. The van der Waals surface area contributed by atoms with Gasteiger partial charge in [0.2, 0.25) is 10.0 Å². The fourth-order valence-electron chi connectivity index (χ4n) is 1.42. The first-order chi connectivity index (χ1) is 8.47. The van der Waals surface area contributed by atoms with Gasteiger partial charge in [-0.15, -0.1) is 0 Å². The molecular weight excluding hydrogens is 252 g/mol. The van der Waals surface area contributed by atoms with Crippen LogP contribution in [-0.4, -0.2) is 33.8 Å². The Bertz CT molecular complexity index is 512. The number of nitrogens with one attached hydrogen (secondary N) is 2. The Hall–Kier alpha value is -1.24. The van der Waals surface area contributed by atoms with Crippen molar-refractivity contribution in [2.75, 3.05) is 19.6 Å². The van der Waals surface area contributed by atoms with E-state index in [0.717, 1.165) is 6.54 Å². The Morgan fingerprint density at radius 2 is 2.00 bits per heavy atom. The zero-order chi connectivity index (χ0) is 13.6. The van der Waals surface area contributed by atoms with E-state index in [2.05, 4.69) is 10.0 Å². The number of sulfonamides is 1. The Kier molecular flexibility index (Phi) is 5.46. The van der Waals surface area contributed by atoms with Crippen molar-refractivity contribution in [3.8, 4) is 0 Å². The standard InChI is InChI=1S/C12H18N2O3S/c1-3-13-7-8-14-18(16,17)12-6-4-5-11(9-12)10(2)15/h4-6,9,13-14H,3,7-8H2,1-2H3. The number of hydrogen-bond donors (Lipinski definition) is 2. The minimum Gasteiger partial charge on any atom is -0.316 e. The normalized spacial score (nSPS) is 11.4. The number of carbonyl (C=O) groups excluding carboxylic acids is 1. The van der Waals surface area contributed by atoms with Gasteiger partial charge in [0.05, 0.1) is 4.90 Å². The van der Waals surface area contributed by atoms with Crippen LogP contribution in [0.4, 0.5) is 0 Å². The van der Waals surface area contributed by atoms with Gasteiger partial charge in [0, 0.05) is 18.7 Å². The van der Waals surface area contributed by atoms with Crippen molar-refractivity contribution in [2.24, 2.45) is 0 Å². The molecule has 0 atom stereocenters. The number of Topliss-reactive ketones (excluding diaryl/α,β-unsaturated/α-hetero) is 1. The van der Waals surface area contributed by atoms with Gasteiger partial charge in [-0.25, -0.2) is 13.1 Å². The molecule has 0 amide bonds. The third kappa shape index (κ3) is 4.21. The van der Waals surface area contributed by atoms with Crippen LogP contribution in [0, 0.1) is 0 Å². The predicted octanol–water partition coefficient (Wildman–Crippen LogP) is 0.777. The van der Waals surface area contributed by atoms with Crippen molar-refractivity contribution in [1.29, 1.82) is 0 Å². The average Bonchev–Trinajstić information content (AvgIpc) is 2.35. The van der Waals surface area contributed by atoms with Crippen molar-refractivity contribution in [3.63, 3.8) is 0 Å². The highest BCUT2D eigenvalue weighted by Gasteiger charge is 2.14. The molecule has 1 aromatic rings. The molecule has 100 valence electrons. The summed E-state index contributed by atoms with van der Waals surface area (Å²) in [5.41, 5.74) is 0.393. The lowest BCUT2D eigenvalue weighted by atomic mass is 10.2. The van der Waals surface area contributed by atoms with Crippen molar-refractivity contribution in [3.05, 3.63) is 29.8 Å². The topological polar surface area (TPSA) is 75.3 Å². The van der Waals surface area contributed by atoms with E-state index >= 15 is 0 Å². The number of likely N-dealkylation sites (N-methyl/N-ethyl adjacent to an activating group) is 1. The van der Waals surface area contributed by atoms with Crippen LogP contribution in [-0.2, 0) is 10.0 Å². The summed E-state index contributed by atoms with van der Waals surface area (Å²) in [4.78, 5) is 11.3. The summed E-state index contributed by atoms with van der Waals surface area (Å²) in [6, 6.07) is 6.02. The number of ketones is 1. The highest BCUT2D eigenvalue weighted by molar-refractivity contribution is 7.89. The molecule has 6 heteroatoms. The van der Waals surface area contributed by atoms with Crippen LogP contribution in [0.3, 0.4) is 0 Å². The van der Waals surface area contributed by atoms with E-state index in [1.54, 1.807) is 12.1 Å². The first-order valence-electron chi connectivity index (χ1n) is 5.78. The molecule has 5 nitrogen and oxygen atoms in total. The molecule has 1 aromatic carbocycles. The maximum Gasteiger partial charge on any atom is 0.240 e. The van der Waals surface area contributed by atoms with Gasteiger partial charge >= 0.3 is 0 Å². The van der Waals surface area contributed by atoms with Gasteiger partial charge in [0.1, 0.15) is 0 Å². The van der Waals surface area contributed by atoms with Crippen molar-refractivity contribution in [2.45, 2.75) is 18.7 Å². The molecule has 0 aliphatic carbocycles. The van der Waals surface area contributed by atoms with Crippen LogP contribution in [0.5, 0.6) is 0 Å². The van der Waals surface area contributed by atoms with Crippen LogP contribution in [0.2, 0.25) is 0 Å². The first kappa shape index (κ1) is 14.8. The molecule has 0 aromatic heterocycles. The largest absolute Gasteiger partial charge is 0.316 e. The summed E-state index contributed by atoms with van der Waals surface area (Å²) in [5.74, 6) is -0.153. The molecule has 0 aliphatic rings. The van der Waals surface area contributed by atoms with Gasteiger partial charge in [0.15, 0.2) is 5.78 Å². The highest BCUT2D eigenvalue weighted by Crippen LogP contribution is 2.11. The second kappa shape index (κ2) is 6.63. The third-order valence-electron chi connectivity index (χ3n) is 2.39. The van der Waals surface area contributed by atoms with Gasteiger partial charge in [-0.3, -0.25) is 4.79 Å². The minimum atomic E-state index is -3.54. The Morgan fingerprint density at radius 3 is 2.61 bits per heavy atom. The second-order valence-corrected chi connectivity index (χ2v) is 5.60. The molecule has 2 N–H and O–H groups in total. The summed E-state index contributed by atoms with van der Waals surface area (Å²) in [6.45, 7) is 5.04. The SMILES string of the molecule is CCNCCNS(=O)(=O)c1cccc(C(C)=O)c1. The van der Waals surface area contributed by atoms with Gasteiger partial charge < -0.3 is 5.32 Å². The summed E-state index contributed by atoms with van der Waals surface area (Å²) >= 11 is 0. The van der Waals surface area contributed by atoms with Gasteiger partial charge in [0.25, 0.3) is 0 Å². The summed E-state index contributed by atoms with van der Waals surface area (Å²) < 4.78 is 26.3. The molecule has 0 unspecified atom stereocenters. The second-order valence-electron chi connectivity index (χ2n) is 3.84. The Morgan fingerprint density at radius 1 is 1.28 bits per heavy atom. The number of hydrogen-bond acceptors (Lipinski definition) is 4. The van der Waals surface area contributed by atoms with E-state index in [0.29, 0.717) is 18.7 Å². The Labute approximate surface area is 108 Å². The fourth-order valence-corrected chi connectivity index (χ4v) is 2.49. The van der Waals surface area contributed by atoms with E-state index in [9.17, 15) is 13.2 Å². The highest BCUT2D eigenvalue weighted by atomic mass is 32.2. The molecule has 0 fully saturated rings. The van der Waals surface area contributed by atoms with Crippen LogP contribution < -0.4 is 10.0 Å². The molecule has 0 radical (unpaired) electrons. The average molecular weight is 270 g/mol. The quantitative estimate of drug-likeness (QED) is 0.567. The molecule has 0 saturated carbocycles. The summed E-state index contributed by atoms with van der Waals surface area (Å²) in [7, 11) is -3.54. The maximum absolute atomic E-state index is 11.9. The summed E-state index contributed by atoms with van der Waals surface area (Å²) in [6.07, 6.45) is 0. The van der Waals surface area contributed by atoms with Gasteiger partial charge in [-0.05, 0) is 25.6 Å². The van der Waals surface area contributed by atoms with E-state index in [1.807, 2.05) is 6.92 Å². The van der Waals surface area contributed by atoms with Crippen LogP contribution in [0.25, 0.3) is 0 Å². The molecule has 0 heterocycles. The molecule has 0 bridgehead atoms. The van der Waals surface area contributed by atoms with E-state index in [-0.39, 0.29) is 10.7 Å². The number of benzene rings is 1. The lowest BCUT2D eigenvalue weighted by Gasteiger charge is -2.07. The molecule has 0 saturated heterocycles. The van der Waals surface area contributed by atoms with E-state index < -0.39 is 10.0 Å². The predicted molar refractivity (Wildman–Crippen MR) is 70.2 cm³/mol. The molecule has 18 heavy (non-hydrogen) atoms. The van der Waals surface area contributed by atoms with Crippen LogP contribution in [0.15, 0.2) is 29.2 Å². The summed E-state index contributed by atoms with van der Waals surface area (Å²) in [5, 5.41) is 3.02. The molecule has 0 aliphatic heterocycles. The fraction of sp³-hybridized carbons (Fsp3) is 0.417. The van der Waals surface area contributed by atoms with Crippen molar-refractivity contribution in [1.82, 2.24) is 10.0 Å². The third-order valence-corrected chi connectivity index (χ3v) is 3.85. The Balaban J connectivity index is 2.78. The number of rotatable bonds is 7. The molecule has 1 rings (SSSR count). The first-order valence-corrected chi connectivity index (χ1v) is 7.27. The van der Waals surface area contributed by atoms with E-state index in [4.69, 9.17) is 0 Å². The molecule has 0 spiro atoms. The van der Waals surface area contributed by atoms with Gasteiger partial charge in [-0.1, -0.05) is 19.1 Å². The van der Waals surface area contributed by atoms with Crippen molar-refractivity contribution < 1.29 is 13.2 Å². The van der Waals surface area contributed by atoms with Crippen LogP contribution in [0.1, 0.15) is 24.2 Å². The minimum absolute atomic E-state index is 0.117. The lowest BCUT2D eigenvalue weighted by Crippen LogP contribution is -2.31. The van der Waals surface area contributed by atoms with Crippen LogP contribution >= 0.6 is 0 Å². The van der Waals surface area contributed by atoms with Gasteiger partial charge in [-0.2, -0.15) is 0 Å².